The van der Waals surface area contributed by atoms with Crippen LogP contribution in [0.1, 0.15) is 23.6 Å². The van der Waals surface area contributed by atoms with Crippen molar-refractivity contribution in [3.8, 4) is 5.75 Å². The SMILES string of the molecule is Cc1ccc2c(c1)C(N)CC(=O)O2. The normalized spacial score (nSPS) is 20.8. The molecule has 1 aliphatic rings. The number of rotatable bonds is 0. The van der Waals surface area contributed by atoms with Crippen LogP contribution in [0.15, 0.2) is 18.2 Å². The highest BCUT2D eigenvalue weighted by Crippen LogP contribution is 2.31. The van der Waals surface area contributed by atoms with Gasteiger partial charge in [0.15, 0.2) is 0 Å². The van der Waals surface area contributed by atoms with E-state index in [0.29, 0.717) is 5.75 Å². The van der Waals surface area contributed by atoms with Crippen molar-refractivity contribution in [2.24, 2.45) is 5.73 Å². The number of hydrogen-bond donors (Lipinski definition) is 1. The van der Waals surface area contributed by atoms with E-state index >= 15 is 0 Å². The Kier molecular flexibility index (Phi) is 1.81. The highest BCUT2D eigenvalue weighted by Gasteiger charge is 2.23. The third kappa shape index (κ3) is 1.42. The first-order chi connectivity index (χ1) is 6.16. The quantitative estimate of drug-likeness (QED) is 0.480. The van der Waals surface area contributed by atoms with Crippen LogP contribution in [0, 0.1) is 6.92 Å². The zero-order valence-corrected chi connectivity index (χ0v) is 7.41. The van der Waals surface area contributed by atoms with Crippen molar-refractivity contribution in [3.63, 3.8) is 0 Å². The van der Waals surface area contributed by atoms with Gasteiger partial charge in [0, 0.05) is 11.6 Å². The van der Waals surface area contributed by atoms with E-state index in [0.717, 1.165) is 11.1 Å². The van der Waals surface area contributed by atoms with Crippen molar-refractivity contribution >= 4 is 5.97 Å². The Morgan fingerprint density at radius 2 is 2.31 bits per heavy atom. The topological polar surface area (TPSA) is 52.3 Å². The standard InChI is InChI=1S/C10H11NO2/c1-6-2-3-9-7(4-6)8(11)5-10(12)13-9/h2-4,8H,5,11H2,1H3. The van der Waals surface area contributed by atoms with Crippen LogP contribution in [0.3, 0.4) is 0 Å². The monoisotopic (exact) mass is 177 g/mol. The van der Waals surface area contributed by atoms with E-state index in [1.807, 2.05) is 19.1 Å². The van der Waals surface area contributed by atoms with E-state index in [1.165, 1.54) is 0 Å². The Balaban J connectivity index is 2.49. The first-order valence-corrected chi connectivity index (χ1v) is 4.23. The van der Waals surface area contributed by atoms with E-state index in [1.54, 1.807) is 6.07 Å². The van der Waals surface area contributed by atoms with Crippen molar-refractivity contribution in [1.29, 1.82) is 0 Å². The average molecular weight is 177 g/mol. The van der Waals surface area contributed by atoms with Crippen molar-refractivity contribution in [1.82, 2.24) is 0 Å². The molecule has 0 saturated heterocycles. The van der Waals surface area contributed by atoms with E-state index in [4.69, 9.17) is 10.5 Å². The van der Waals surface area contributed by atoms with Crippen LogP contribution in [0.4, 0.5) is 0 Å². The molecule has 0 aromatic heterocycles. The molecule has 1 aromatic carbocycles. The molecule has 0 radical (unpaired) electrons. The zero-order valence-electron chi connectivity index (χ0n) is 7.41. The number of benzene rings is 1. The largest absolute Gasteiger partial charge is 0.426 e. The molecule has 1 unspecified atom stereocenters. The molecule has 3 heteroatoms. The fourth-order valence-corrected chi connectivity index (χ4v) is 1.50. The van der Waals surface area contributed by atoms with Crippen LogP contribution in [0.5, 0.6) is 5.75 Å². The Labute approximate surface area is 76.5 Å². The molecule has 2 rings (SSSR count). The lowest BCUT2D eigenvalue weighted by Crippen LogP contribution is -2.25. The van der Waals surface area contributed by atoms with Crippen molar-refractivity contribution in [3.05, 3.63) is 29.3 Å². The second-order valence-corrected chi connectivity index (χ2v) is 3.33. The summed E-state index contributed by atoms with van der Waals surface area (Å²) in [6, 6.07) is 5.45. The van der Waals surface area contributed by atoms with Gasteiger partial charge in [-0.15, -0.1) is 0 Å². The number of hydrogen-bond acceptors (Lipinski definition) is 3. The van der Waals surface area contributed by atoms with Crippen LogP contribution in [-0.4, -0.2) is 5.97 Å². The van der Waals surface area contributed by atoms with Gasteiger partial charge in [0.2, 0.25) is 0 Å². The fraction of sp³-hybridized carbons (Fsp3) is 0.300. The molecule has 1 atom stereocenters. The van der Waals surface area contributed by atoms with Crippen LogP contribution >= 0.6 is 0 Å². The third-order valence-corrected chi connectivity index (χ3v) is 2.18. The molecule has 1 aromatic rings. The summed E-state index contributed by atoms with van der Waals surface area (Å²) in [4.78, 5) is 11.0. The first kappa shape index (κ1) is 8.26. The van der Waals surface area contributed by atoms with Gasteiger partial charge < -0.3 is 10.5 Å². The third-order valence-electron chi connectivity index (χ3n) is 2.18. The van der Waals surface area contributed by atoms with Gasteiger partial charge in [0.25, 0.3) is 0 Å². The Morgan fingerprint density at radius 3 is 3.08 bits per heavy atom. The van der Waals surface area contributed by atoms with Crippen molar-refractivity contribution in [2.75, 3.05) is 0 Å². The van der Waals surface area contributed by atoms with Gasteiger partial charge in [-0.05, 0) is 13.0 Å². The Bertz CT molecular complexity index is 360. The van der Waals surface area contributed by atoms with Gasteiger partial charge in [-0.3, -0.25) is 4.79 Å². The highest BCUT2D eigenvalue weighted by molar-refractivity contribution is 5.76. The summed E-state index contributed by atoms with van der Waals surface area (Å²) in [5.74, 6) is 0.359. The van der Waals surface area contributed by atoms with E-state index < -0.39 is 0 Å². The van der Waals surface area contributed by atoms with Crippen molar-refractivity contribution in [2.45, 2.75) is 19.4 Å². The second kappa shape index (κ2) is 2.85. The lowest BCUT2D eigenvalue weighted by atomic mass is 9.99. The number of esters is 1. The van der Waals surface area contributed by atoms with Crippen LogP contribution < -0.4 is 10.5 Å². The molecule has 0 bridgehead atoms. The average Bonchev–Trinajstić information content (AvgIpc) is 2.06. The minimum Gasteiger partial charge on any atom is -0.426 e. The number of ether oxygens (including phenoxy) is 1. The van der Waals surface area contributed by atoms with E-state index in [9.17, 15) is 4.79 Å². The maximum atomic E-state index is 11.0. The van der Waals surface area contributed by atoms with Gasteiger partial charge in [0.05, 0.1) is 6.42 Å². The summed E-state index contributed by atoms with van der Waals surface area (Å²) >= 11 is 0. The molecular weight excluding hydrogens is 166 g/mol. The Morgan fingerprint density at radius 1 is 1.54 bits per heavy atom. The summed E-state index contributed by atoms with van der Waals surface area (Å²) in [5, 5.41) is 0. The summed E-state index contributed by atoms with van der Waals surface area (Å²) in [5.41, 5.74) is 7.87. The molecule has 3 nitrogen and oxygen atoms in total. The van der Waals surface area contributed by atoms with Gasteiger partial charge in [-0.2, -0.15) is 0 Å². The molecule has 13 heavy (non-hydrogen) atoms. The molecule has 0 aliphatic carbocycles. The number of carbonyl (C=O) groups excluding carboxylic acids is 1. The predicted molar refractivity (Wildman–Crippen MR) is 48.4 cm³/mol. The van der Waals surface area contributed by atoms with E-state index in [2.05, 4.69) is 0 Å². The van der Waals surface area contributed by atoms with E-state index in [-0.39, 0.29) is 18.4 Å². The molecule has 1 heterocycles. The number of nitrogens with two attached hydrogens (primary N) is 1. The summed E-state index contributed by atoms with van der Waals surface area (Å²) in [6.07, 6.45) is 0.274. The van der Waals surface area contributed by atoms with Gasteiger partial charge >= 0.3 is 5.97 Å². The molecule has 0 fully saturated rings. The molecule has 0 saturated carbocycles. The zero-order chi connectivity index (χ0) is 9.42. The molecule has 68 valence electrons. The molecule has 2 N–H and O–H groups in total. The van der Waals surface area contributed by atoms with Crippen LogP contribution in [0.25, 0.3) is 0 Å². The lowest BCUT2D eigenvalue weighted by Gasteiger charge is -2.21. The lowest BCUT2D eigenvalue weighted by molar-refractivity contribution is -0.135. The van der Waals surface area contributed by atoms with Gasteiger partial charge in [0.1, 0.15) is 5.75 Å². The fourth-order valence-electron chi connectivity index (χ4n) is 1.50. The number of fused-ring (bicyclic) bond motifs is 1. The molecule has 0 spiro atoms. The highest BCUT2D eigenvalue weighted by atomic mass is 16.5. The molecule has 0 amide bonds. The second-order valence-electron chi connectivity index (χ2n) is 3.33. The van der Waals surface area contributed by atoms with Gasteiger partial charge in [-0.25, -0.2) is 0 Å². The summed E-state index contributed by atoms with van der Waals surface area (Å²) in [6.45, 7) is 1.99. The van der Waals surface area contributed by atoms with Crippen LogP contribution in [0.2, 0.25) is 0 Å². The smallest absolute Gasteiger partial charge is 0.313 e. The van der Waals surface area contributed by atoms with Crippen molar-refractivity contribution < 1.29 is 9.53 Å². The van der Waals surface area contributed by atoms with Gasteiger partial charge in [-0.1, -0.05) is 17.7 Å². The first-order valence-electron chi connectivity index (χ1n) is 4.23. The predicted octanol–water partition coefficient (Wildman–Crippen LogP) is 1.30. The molecule has 1 aliphatic heterocycles. The minimum absolute atomic E-state index is 0.212. The number of aryl methyl sites for hydroxylation is 1. The summed E-state index contributed by atoms with van der Waals surface area (Å²) in [7, 11) is 0. The Hall–Kier alpha value is -1.35. The van der Waals surface area contributed by atoms with Crippen LogP contribution in [-0.2, 0) is 4.79 Å². The molecular formula is C10H11NO2. The number of carbonyl (C=O) groups is 1. The summed E-state index contributed by atoms with van der Waals surface area (Å²) < 4.78 is 5.04. The minimum atomic E-state index is -0.246. The maximum Gasteiger partial charge on any atom is 0.313 e. The maximum absolute atomic E-state index is 11.0.